The Hall–Kier alpha value is -6.18. The number of amides is 1. The maximum atomic E-state index is 13.2. The molecule has 1 aliphatic rings. The minimum absolute atomic E-state index is 0.00413. The number of hydrogen-bond acceptors (Lipinski definition) is 12. The lowest BCUT2D eigenvalue weighted by molar-refractivity contribution is -0.116. The molecule has 3 heterocycles. The van der Waals surface area contributed by atoms with Gasteiger partial charge in [-0.1, -0.05) is 54.6 Å². The van der Waals surface area contributed by atoms with Crippen LogP contribution in [-0.4, -0.2) is 81.4 Å². The zero-order chi connectivity index (χ0) is 47.7. The summed E-state index contributed by atoms with van der Waals surface area (Å²) in [6, 6.07) is 33.5. The molecular weight excluding hydrogens is 874 g/mol. The van der Waals surface area contributed by atoms with E-state index in [4.69, 9.17) is 33.0 Å². The van der Waals surface area contributed by atoms with Crippen molar-refractivity contribution in [1.82, 2.24) is 23.8 Å². The van der Waals surface area contributed by atoms with E-state index < -0.39 is 43.8 Å². The minimum Gasteiger partial charge on any atom is -0.497 e. The van der Waals surface area contributed by atoms with Crippen molar-refractivity contribution < 1.29 is 32.8 Å². The van der Waals surface area contributed by atoms with Crippen molar-refractivity contribution in [2.45, 2.75) is 96.5 Å². The molecule has 16 nitrogen and oxygen atoms in total. The number of nitriles is 1. The Bertz CT molecular complexity index is 2700. The monoisotopic (exact) mass is 931 g/mol. The number of aromatic amines is 1. The number of nitrogens with zero attached hydrogens (tertiary/aromatic N) is 5. The van der Waals surface area contributed by atoms with E-state index >= 15 is 0 Å². The van der Waals surface area contributed by atoms with Crippen molar-refractivity contribution in [3.63, 3.8) is 0 Å². The Balaban J connectivity index is 1.24. The Morgan fingerprint density at radius 2 is 1.60 bits per heavy atom. The summed E-state index contributed by atoms with van der Waals surface area (Å²) in [6.07, 6.45) is 1.97. The van der Waals surface area contributed by atoms with Crippen LogP contribution >= 0.6 is 8.53 Å². The second kappa shape index (κ2) is 22.1. The molecule has 4 atom stereocenters. The van der Waals surface area contributed by atoms with Crippen LogP contribution in [0, 0.1) is 18.3 Å². The van der Waals surface area contributed by atoms with Gasteiger partial charge in [0.25, 0.3) is 14.1 Å². The molecule has 6 aromatic rings. The molecule has 0 saturated carbocycles. The van der Waals surface area contributed by atoms with Gasteiger partial charge in [-0.3, -0.25) is 19.1 Å². The number of nitrogens with one attached hydrogen (secondary N) is 2. The summed E-state index contributed by atoms with van der Waals surface area (Å²) in [4.78, 5) is 44.4. The van der Waals surface area contributed by atoms with Crippen molar-refractivity contribution in [2.24, 2.45) is 0 Å². The summed E-state index contributed by atoms with van der Waals surface area (Å²) in [5.41, 5.74) is 2.74. The molecule has 7 rings (SSSR count). The first kappa shape index (κ1) is 48.7. The van der Waals surface area contributed by atoms with E-state index in [0.717, 1.165) is 16.7 Å². The van der Waals surface area contributed by atoms with Gasteiger partial charge in [-0.2, -0.15) is 5.26 Å². The van der Waals surface area contributed by atoms with Crippen molar-refractivity contribution >= 4 is 31.2 Å². The summed E-state index contributed by atoms with van der Waals surface area (Å²) in [5, 5.41) is 12.4. The van der Waals surface area contributed by atoms with E-state index in [9.17, 15) is 19.6 Å². The van der Waals surface area contributed by atoms with Gasteiger partial charge in [-0.15, -0.1) is 0 Å². The number of rotatable bonds is 21. The maximum absolute atomic E-state index is 13.2. The number of carbonyl (C=O) groups is 1. The van der Waals surface area contributed by atoms with Crippen LogP contribution in [0.5, 0.6) is 11.5 Å². The van der Waals surface area contributed by atoms with E-state index in [1.54, 1.807) is 33.5 Å². The van der Waals surface area contributed by atoms with Crippen LogP contribution in [0.3, 0.4) is 0 Å². The van der Waals surface area contributed by atoms with E-state index in [2.05, 4.69) is 48.7 Å². The van der Waals surface area contributed by atoms with Gasteiger partial charge in [0.1, 0.15) is 29.4 Å². The molecule has 0 radical (unpaired) electrons. The first-order chi connectivity index (χ1) is 32.3. The normalized spacial score (nSPS) is 16.7. The van der Waals surface area contributed by atoms with Gasteiger partial charge in [0.05, 0.1) is 63.4 Å². The first-order valence-corrected chi connectivity index (χ1v) is 23.4. The number of anilines is 1. The molecule has 2 N–H and O–H groups in total. The van der Waals surface area contributed by atoms with Crippen molar-refractivity contribution in [2.75, 3.05) is 32.8 Å². The number of methoxy groups -OCH3 is 2. The van der Waals surface area contributed by atoms with E-state index in [1.165, 1.54) is 10.8 Å². The van der Waals surface area contributed by atoms with E-state index in [1.807, 2.05) is 95.6 Å². The van der Waals surface area contributed by atoms with Crippen LogP contribution in [0.2, 0.25) is 0 Å². The quantitative estimate of drug-likeness (QED) is 0.0401. The molecule has 67 heavy (non-hydrogen) atoms. The fraction of sp³-hybridized carbons (Fsp3) is 0.380. The zero-order valence-electron chi connectivity index (χ0n) is 38.9. The molecule has 1 aliphatic heterocycles. The van der Waals surface area contributed by atoms with Gasteiger partial charge in [0, 0.05) is 48.9 Å². The number of fused-ring (bicyclic) bond motifs is 1. The zero-order valence-corrected chi connectivity index (χ0v) is 39.8. The highest BCUT2D eigenvalue weighted by molar-refractivity contribution is 7.44. The summed E-state index contributed by atoms with van der Waals surface area (Å²) in [7, 11) is 1.59. The number of aryl methyl sites for hydroxylation is 2. The molecule has 1 amide bonds. The highest BCUT2D eigenvalue weighted by Gasteiger charge is 2.45. The Kier molecular flexibility index (Phi) is 16.1. The number of imidazole rings is 1. The number of aromatic nitrogens is 4. The summed E-state index contributed by atoms with van der Waals surface area (Å²) >= 11 is 0. The Labute approximate surface area is 391 Å². The van der Waals surface area contributed by atoms with Crippen molar-refractivity contribution in [3.8, 4) is 17.6 Å². The topological polar surface area (TPSA) is 184 Å². The second-order valence-corrected chi connectivity index (χ2v) is 18.2. The largest absolute Gasteiger partial charge is 0.497 e. The molecule has 0 bridgehead atoms. The summed E-state index contributed by atoms with van der Waals surface area (Å²) < 4.78 is 44.5. The van der Waals surface area contributed by atoms with Crippen LogP contribution < -0.4 is 26.0 Å². The number of carbonyl (C=O) groups excluding carboxylic acids is 1. The molecule has 0 aliphatic carbocycles. The third-order valence-corrected chi connectivity index (χ3v) is 13.8. The van der Waals surface area contributed by atoms with Crippen LogP contribution in [0.1, 0.15) is 75.4 Å². The third kappa shape index (κ3) is 11.2. The summed E-state index contributed by atoms with van der Waals surface area (Å²) in [6.45, 7) is 10.3. The standard InChI is InChI=1S/C50H58N7O9P/c1-33(2)57(34(3)4)67(64-27-11-25-51)66-44-29-47(56-32-52-42-23-18-39(28-43(42)56)53-46(58)24-26-55-30-35(5)48(59)54-49(55)60)65-45(44)31-63-50(36-12-9-8-10-13-36,37-14-19-40(61-6)20-15-37)38-16-21-41(62-7)22-17-38/h8-10,12-23,28,30,32-34,44-45,47H,11,24,26-27,29,31H2,1-7H3,(H,53,58)(H,54,59,60)/t44-,45+,47+,67?/m0/s1. The van der Waals surface area contributed by atoms with Gasteiger partial charge < -0.3 is 37.9 Å². The molecule has 0 spiro atoms. The average molecular weight is 932 g/mol. The van der Waals surface area contributed by atoms with E-state index in [-0.39, 0.29) is 50.6 Å². The molecule has 352 valence electrons. The molecule has 4 aromatic carbocycles. The maximum Gasteiger partial charge on any atom is 0.328 e. The Morgan fingerprint density at radius 1 is 0.955 bits per heavy atom. The minimum atomic E-state index is -1.68. The van der Waals surface area contributed by atoms with Gasteiger partial charge in [0.2, 0.25) is 5.91 Å². The smallest absolute Gasteiger partial charge is 0.328 e. The molecule has 1 fully saturated rings. The predicted molar refractivity (Wildman–Crippen MR) is 256 cm³/mol. The molecule has 1 saturated heterocycles. The van der Waals surface area contributed by atoms with Gasteiger partial charge >= 0.3 is 5.69 Å². The summed E-state index contributed by atoms with van der Waals surface area (Å²) in [5.74, 6) is 1.09. The lowest BCUT2D eigenvalue weighted by Gasteiger charge is -2.39. The van der Waals surface area contributed by atoms with E-state index in [0.29, 0.717) is 40.2 Å². The first-order valence-electron chi connectivity index (χ1n) is 22.3. The van der Waals surface area contributed by atoms with Crippen molar-refractivity contribution in [1.29, 1.82) is 5.26 Å². The molecule has 1 unspecified atom stereocenters. The molecule has 17 heteroatoms. The highest BCUT2D eigenvalue weighted by Crippen LogP contribution is 2.51. The number of benzene rings is 4. The molecular formula is C50H58N7O9P. The second-order valence-electron chi connectivity index (χ2n) is 16.8. The van der Waals surface area contributed by atoms with Gasteiger partial charge in [0.15, 0.2) is 0 Å². The fourth-order valence-corrected chi connectivity index (χ4v) is 10.1. The number of hydrogen-bond donors (Lipinski definition) is 2. The number of ether oxygens (including phenoxy) is 4. The third-order valence-electron chi connectivity index (χ3n) is 11.6. The number of H-pyrrole nitrogens is 1. The van der Waals surface area contributed by atoms with Crippen LogP contribution in [0.15, 0.2) is 119 Å². The van der Waals surface area contributed by atoms with Crippen molar-refractivity contribution in [3.05, 3.63) is 153 Å². The van der Waals surface area contributed by atoms with Crippen LogP contribution in [0.4, 0.5) is 5.69 Å². The Morgan fingerprint density at radius 3 is 2.21 bits per heavy atom. The average Bonchev–Trinajstić information content (AvgIpc) is 3.93. The SMILES string of the molecule is COc1ccc(C(OC[C@H]2O[C@@H](n3cnc4ccc(NC(=O)CCn5cc(C)c(=O)[nH]c5=O)cc43)C[C@@H]2OP(OCCC#N)N(C(C)C)C(C)C)(c2ccccc2)c2ccc(OC)cc2)cc1. The van der Waals surface area contributed by atoms with Crippen LogP contribution in [0.25, 0.3) is 11.0 Å². The highest BCUT2D eigenvalue weighted by atomic mass is 31.2. The molecule has 2 aromatic heterocycles. The lowest BCUT2D eigenvalue weighted by atomic mass is 9.80. The van der Waals surface area contributed by atoms with Gasteiger partial charge in [-0.25, -0.2) is 14.4 Å². The van der Waals surface area contributed by atoms with Gasteiger partial charge in [-0.05, 0) is 93.8 Å². The fourth-order valence-electron chi connectivity index (χ4n) is 8.39. The van der Waals surface area contributed by atoms with Crippen LogP contribution in [-0.2, 0) is 35.5 Å². The predicted octanol–water partition coefficient (Wildman–Crippen LogP) is 8.20. The lowest BCUT2D eigenvalue weighted by Crippen LogP contribution is -2.39.